The van der Waals surface area contributed by atoms with E-state index in [9.17, 15) is 14.0 Å². The summed E-state index contributed by atoms with van der Waals surface area (Å²) in [7, 11) is 0. The average molecular weight is 279 g/mol. The van der Waals surface area contributed by atoms with Crippen LogP contribution in [0.25, 0.3) is 0 Å². The van der Waals surface area contributed by atoms with Gasteiger partial charge in [-0.25, -0.2) is 4.39 Å². The number of fused-ring (bicyclic) bond motifs is 1. The molecule has 20 heavy (non-hydrogen) atoms. The molecule has 1 N–H and O–H groups in total. The van der Waals surface area contributed by atoms with Crippen LogP contribution in [-0.4, -0.2) is 24.3 Å². The Hall–Kier alpha value is -1.91. The van der Waals surface area contributed by atoms with Crippen LogP contribution < -0.4 is 10.1 Å². The molecule has 1 aliphatic heterocycles. The van der Waals surface area contributed by atoms with Crippen molar-refractivity contribution in [1.82, 2.24) is 5.32 Å². The molecule has 5 heteroatoms. The number of ether oxygens (including phenoxy) is 1. The van der Waals surface area contributed by atoms with Gasteiger partial charge in [0.05, 0.1) is 18.2 Å². The van der Waals surface area contributed by atoms with Gasteiger partial charge in [0.1, 0.15) is 0 Å². The zero-order chi connectivity index (χ0) is 14.7. The van der Waals surface area contributed by atoms with E-state index < -0.39 is 11.9 Å². The third-order valence-corrected chi connectivity index (χ3v) is 3.13. The molecule has 0 aliphatic carbocycles. The summed E-state index contributed by atoms with van der Waals surface area (Å²) in [5, 5.41) is 2.71. The van der Waals surface area contributed by atoms with Gasteiger partial charge in [-0.3, -0.25) is 9.59 Å². The SMILES string of the molecule is CC(C)CC(=O)NC1CCOc2c(F)cccc2C1=O. The van der Waals surface area contributed by atoms with Crippen LogP contribution in [0, 0.1) is 11.7 Å². The van der Waals surface area contributed by atoms with E-state index in [1.165, 1.54) is 18.2 Å². The van der Waals surface area contributed by atoms with Gasteiger partial charge in [-0.15, -0.1) is 0 Å². The van der Waals surface area contributed by atoms with E-state index in [1.54, 1.807) is 0 Å². The van der Waals surface area contributed by atoms with Gasteiger partial charge in [-0.05, 0) is 18.1 Å². The van der Waals surface area contributed by atoms with Gasteiger partial charge in [0.15, 0.2) is 17.3 Å². The summed E-state index contributed by atoms with van der Waals surface area (Å²) >= 11 is 0. The molecular weight excluding hydrogens is 261 g/mol. The van der Waals surface area contributed by atoms with Crippen molar-refractivity contribution in [2.45, 2.75) is 32.7 Å². The molecule has 0 saturated carbocycles. The summed E-state index contributed by atoms with van der Waals surface area (Å²) < 4.78 is 18.9. The van der Waals surface area contributed by atoms with Gasteiger partial charge >= 0.3 is 0 Å². The van der Waals surface area contributed by atoms with Crippen molar-refractivity contribution in [3.8, 4) is 5.75 Å². The maximum Gasteiger partial charge on any atom is 0.220 e. The third kappa shape index (κ3) is 3.15. The van der Waals surface area contributed by atoms with Gasteiger partial charge < -0.3 is 10.1 Å². The highest BCUT2D eigenvalue weighted by atomic mass is 19.1. The number of nitrogens with one attached hydrogen (secondary N) is 1. The molecule has 1 aliphatic rings. The van der Waals surface area contributed by atoms with Crippen LogP contribution in [0.2, 0.25) is 0 Å². The summed E-state index contributed by atoms with van der Waals surface area (Å²) in [4.78, 5) is 24.1. The highest BCUT2D eigenvalue weighted by Crippen LogP contribution is 2.27. The summed E-state index contributed by atoms with van der Waals surface area (Å²) in [5.41, 5.74) is 0.192. The van der Waals surface area contributed by atoms with Crippen molar-refractivity contribution < 1.29 is 18.7 Å². The quantitative estimate of drug-likeness (QED) is 0.923. The Morgan fingerprint density at radius 2 is 2.25 bits per heavy atom. The molecule has 1 heterocycles. The first kappa shape index (κ1) is 14.5. The minimum Gasteiger partial charge on any atom is -0.490 e. The number of hydrogen-bond donors (Lipinski definition) is 1. The Bertz CT molecular complexity index is 528. The molecule has 2 rings (SSSR count). The maximum atomic E-state index is 13.6. The molecule has 1 aromatic carbocycles. The standard InChI is InChI=1S/C15H18FNO3/c1-9(2)8-13(18)17-12-6-7-20-15-10(14(12)19)4-3-5-11(15)16/h3-5,9,12H,6-8H2,1-2H3,(H,17,18). The molecule has 1 amide bonds. The van der Waals surface area contributed by atoms with E-state index in [0.29, 0.717) is 12.8 Å². The number of ketones is 1. The lowest BCUT2D eigenvalue weighted by Gasteiger charge is -2.15. The molecular formula is C15H18FNO3. The number of halogens is 1. The zero-order valence-corrected chi connectivity index (χ0v) is 11.6. The van der Waals surface area contributed by atoms with Crippen LogP contribution in [0.5, 0.6) is 5.75 Å². The van der Waals surface area contributed by atoms with Crippen molar-refractivity contribution in [3.63, 3.8) is 0 Å². The fourth-order valence-corrected chi connectivity index (χ4v) is 2.21. The van der Waals surface area contributed by atoms with Crippen molar-refractivity contribution >= 4 is 11.7 Å². The van der Waals surface area contributed by atoms with Gasteiger partial charge in [0.25, 0.3) is 0 Å². The molecule has 0 saturated heterocycles. The van der Waals surface area contributed by atoms with Gasteiger partial charge in [0, 0.05) is 12.8 Å². The molecule has 0 spiro atoms. The van der Waals surface area contributed by atoms with Gasteiger partial charge in [-0.1, -0.05) is 19.9 Å². The van der Waals surface area contributed by atoms with E-state index in [1.807, 2.05) is 13.8 Å². The second-order valence-corrected chi connectivity index (χ2v) is 5.34. The normalized spacial score (nSPS) is 18.2. The number of amides is 1. The molecule has 108 valence electrons. The van der Waals surface area contributed by atoms with Crippen LogP contribution in [0.3, 0.4) is 0 Å². The predicted molar refractivity (Wildman–Crippen MR) is 72.2 cm³/mol. The first-order valence-electron chi connectivity index (χ1n) is 6.74. The third-order valence-electron chi connectivity index (χ3n) is 3.13. The molecule has 0 radical (unpaired) electrons. The lowest BCUT2D eigenvalue weighted by atomic mass is 10.0. The van der Waals surface area contributed by atoms with Crippen LogP contribution in [0.4, 0.5) is 4.39 Å². The van der Waals surface area contributed by atoms with Crippen LogP contribution >= 0.6 is 0 Å². The summed E-state index contributed by atoms with van der Waals surface area (Å²) in [6.07, 6.45) is 0.706. The smallest absolute Gasteiger partial charge is 0.220 e. The van der Waals surface area contributed by atoms with E-state index in [2.05, 4.69) is 5.32 Å². The van der Waals surface area contributed by atoms with Crippen LogP contribution in [-0.2, 0) is 4.79 Å². The van der Waals surface area contributed by atoms with Gasteiger partial charge in [0.2, 0.25) is 5.91 Å². The van der Waals surface area contributed by atoms with Crippen LogP contribution in [0.1, 0.15) is 37.0 Å². The second-order valence-electron chi connectivity index (χ2n) is 5.34. The first-order valence-corrected chi connectivity index (χ1v) is 6.74. The minimum atomic E-state index is -0.649. The molecule has 4 nitrogen and oxygen atoms in total. The molecule has 0 fully saturated rings. The Kier molecular flexibility index (Phi) is 4.37. The number of Topliss-reactive ketones (excluding diaryl/α,β-unsaturated/α-hetero) is 1. The second kappa shape index (κ2) is 6.03. The number of carbonyl (C=O) groups is 2. The lowest BCUT2D eigenvalue weighted by Crippen LogP contribution is -2.41. The average Bonchev–Trinajstić information content (AvgIpc) is 2.51. The molecule has 1 aromatic rings. The van der Waals surface area contributed by atoms with Crippen molar-refractivity contribution in [1.29, 1.82) is 0 Å². The number of hydrogen-bond acceptors (Lipinski definition) is 3. The Morgan fingerprint density at radius 3 is 2.95 bits per heavy atom. The number of rotatable bonds is 3. The topological polar surface area (TPSA) is 55.4 Å². The van der Waals surface area contributed by atoms with Crippen molar-refractivity contribution in [3.05, 3.63) is 29.6 Å². The predicted octanol–water partition coefficient (Wildman–Crippen LogP) is 2.32. The zero-order valence-electron chi connectivity index (χ0n) is 11.6. The highest BCUT2D eigenvalue weighted by Gasteiger charge is 2.29. The monoisotopic (exact) mass is 279 g/mol. The van der Waals surface area contributed by atoms with E-state index in [-0.39, 0.29) is 35.5 Å². The Balaban J connectivity index is 2.17. The highest BCUT2D eigenvalue weighted by molar-refractivity contribution is 6.04. The summed E-state index contributed by atoms with van der Waals surface area (Å²) in [6.45, 7) is 4.07. The Labute approximate surface area is 117 Å². The summed E-state index contributed by atoms with van der Waals surface area (Å²) in [5.74, 6) is -0.813. The van der Waals surface area contributed by atoms with E-state index in [0.717, 1.165) is 0 Å². The number of benzene rings is 1. The molecule has 1 unspecified atom stereocenters. The van der Waals surface area contributed by atoms with E-state index >= 15 is 0 Å². The van der Waals surface area contributed by atoms with Crippen molar-refractivity contribution in [2.24, 2.45) is 5.92 Å². The van der Waals surface area contributed by atoms with E-state index in [4.69, 9.17) is 4.74 Å². The first-order chi connectivity index (χ1) is 9.49. The lowest BCUT2D eigenvalue weighted by molar-refractivity contribution is -0.122. The minimum absolute atomic E-state index is 0.0156. The Morgan fingerprint density at radius 1 is 1.50 bits per heavy atom. The van der Waals surface area contributed by atoms with Crippen LogP contribution in [0.15, 0.2) is 18.2 Å². The fourth-order valence-electron chi connectivity index (χ4n) is 2.21. The molecule has 0 aromatic heterocycles. The summed E-state index contributed by atoms with van der Waals surface area (Å²) in [6, 6.07) is 3.59. The maximum absolute atomic E-state index is 13.6. The van der Waals surface area contributed by atoms with Crippen molar-refractivity contribution in [2.75, 3.05) is 6.61 Å². The fraction of sp³-hybridized carbons (Fsp3) is 0.467. The van der Waals surface area contributed by atoms with Gasteiger partial charge in [-0.2, -0.15) is 0 Å². The number of para-hydroxylation sites is 1. The molecule has 1 atom stereocenters. The number of carbonyl (C=O) groups excluding carboxylic acids is 2. The molecule has 0 bridgehead atoms. The largest absolute Gasteiger partial charge is 0.490 e.